The van der Waals surface area contributed by atoms with E-state index in [1.165, 1.54) is 0 Å². The minimum absolute atomic E-state index is 0.216. The van der Waals surface area contributed by atoms with Gasteiger partial charge in [-0.1, -0.05) is 0 Å². The van der Waals surface area contributed by atoms with Gasteiger partial charge in [0, 0.05) is 0 Å². The molecule has 0 spiro atoms. The van der Waals surface area contributed by atoms with E-state index in [0.29, 0.717) is 0 Å². The third kappa shape index (κ3) is 0.891. The number of rotatable bonds is 1. The molecule has 5 N–H and O–H groups in total. The summed E-state index contributed by atoms with van der Waals surface area (Å²) in [5, 5.41) is 26.3. The van der Waals surface area contributed by atoms with Gasteiger partial charge in [0.25, 0.3) is 0 Å². The molecule has 0 aliphatic carbocycles. The largest absolute Gasteiger partial charge is 0.505 e. The molecule has 0 aromatic heterocycles. The van der Waals surface area contributed by atoms with Crippen LogP contribution in [0.1, 0.15) is 0 Å². The van der Waals surface area contributed by atoms with Crippen LogP contribution in [0.2, 0.25) is 0 Å². The molecule has 1 aliphatic heterocycles. The molecular formula is C5H9NO4. The average molecular weight is 147 g/mol. The third-order valence-electron chi connectivity index (χ3n) is 1.34. The van der Waals surface area contributed by atoms with Crippen molar-refractivity contribution in [3.8, 4) is 0 Å². The van der Waals surface area contributed by atoms with Crippen molar-refractivity contribution in [2.75, 3.05) is 6.61 Å². The van der Waals surface area contributed by atoms with E-state index in [2.05, 4.69) is 4.74 Å². The van der Waals surface area contributed by atoms with Gasteiger partial charge in [0.05, 0.1) is 6.61 Å². The van der Waals surface area contributed by atoms with Crippen LogP contribution in [0, 0.1) is 0 Å². The molecule has 2 atom stereocenters. The van der Waals surface area contributed by atoms with Gasteiger partial charge in [0.15, 0.2) is 18.0 Å². The first-order valence-corrected chi connectivity index (χ1v) is 2.81. The Morgan fingerprint density at radius 2 is 2.20 bits per heavy atom. The topological polar surface area (TPSA) is 95.9 Å². The van der Waals surface area contributed by atoms with Crippen molar-refractivity contribution >= 4 is 0 Å². The highest BCUT2D eigenvalue weighted by atomic mass is 16.5. The molecule has 0 unspecified atom stereocenters. The van der Waals surface area contributed by atoms with Crippen LogP contribution in [0.4, 0.5) is 0 Å². The van der Waals surface area contributed by atoms with Gasteiger partial charge < -0.3 is 25.8 Å². The molecule has 0 bridgehead atoms. The van der Waals surface area contributed by atoms with Crippen molar-refractivity contribution in [3.63, 3.8) is 0 Å². The lowest BCUT2D eigenvalue weighted by molar-refractivity contribution is 0.00342. The minimum atomic E-state index is -1.19. The zero-order chi connectivity index (χ0) is 7.72. The van der Waals surface area contributed by atoms with E-state index >= 15 is 0 Å². The summed E-state index contributed by atoms with van der Waals surface area (Å²) < 4.78 is 4.64. The lowest BCUT2D eigenvalue weighted by Crippen LogP contribution is -2.27. The molecule has 1 rings (SSSR count). The summed E-state index contributed by atoms with van der Waals surface area (Å²) >= 11 is 0. The van der Waals surface area contributed by atoms with Gasteiger partial charge >= 0.3 is 0 Å². The summed E-state index contributed by atoms with van der Waals surface area (Å²) in [4.78, 5) is 0. The minimum Gasteiger partial charge on any atom is -0.505 e. The van der Waals surface area contributed by atoms with Gasteiger partial charge in [0.2, 0.25) is 5.88 Å². The highest BCUT2D eigenvalue weighted by molar-refractivity contribution is 5.10. The highest BCUT2D eigenvalue weighted by Crippen LogP contribution is 2.19. The Hall–Kier alpha value is -0.940. The zero-order valence-electron chi connectivity index (χ0n) is 5.19. The molecule has 0 radical (unpaired) electrons. The van der Waals surface area contributed by atoms with Crippen LogP contribution in [0.3, 0.4) is 0 Å². The van der Waals surface area contributed by atoms with Gasteiger partial charge in [-0.2, -0.15) is 0 Å². The van der Waals surface area contributed by atoms with Crippen molar-refractivity contribution in [1.82, 2.24) is 0 Å². The van der Waals surface area contributed by atoms with Gasteiger partial charge in [-0.25, -0.2) is 0 Å². The predicted octanol–water partition coefficient (Wildman–Crippen LogP) is -1.58. The normalized spacial score (nSPS) is 32.6. The van der Waals surface area contributed by atoms with E-state index in [9.17, 15) is 0 Å². The SMILES string of the molecule is NC1=C(O)[C@H](O)[C@@H](CO)O1. The third-order valence-corrected chi connectivity index (χ3v) is 1.34. The van der Waals surface area contributed by atoms with E-state index < -0.39 is 18.0 Å². The fourth-order valence-corrected chi connectivity index (χ4v) is 0.747. The highest BCUT2D eigenvalue weighted by Gasteiger charge is 2.33. The first-order chi connectivity index (χ1) is 4.66. The molecule has 5 nitrogen and oxygen atoms in total. The van der Waals surface area contributed by atoms with Crippen molar-refractivity contribution in [2.45, 2.75) is 12.2 Å². The Morgan fingerprint density at radius 1 is 1.60 bits per heavy atom. The Bertz CT molecular complexity index is 167. The second-order valence-corrected chi connectivity index (χ2v) is 2.03. The molecule has 0 aromatic carbocycles. The van der Waals surface area contributed by atoms with Crippen molar-refractivity contribution in [1.29, 1.82) is 0 Å². The summed E-state index contributed by atoms with van der Waals surface area (Å²) in [5.74, 6) is -0.620. The van der Waals surface area contributed by atoms with Gasteiger partial charge in [0.1, 0.15) is 0 Å². The summed E-state index contributed by atoms with van der Waals surface area (Å²) in [6.45, 7) is -0.369. The van der Waals surface area contributed by atoms with E-state index in [1.54, 1.807) is 0 Å². The molecule has 1 aliphatic rings. The maximum atomic E-state index is 8.96. The van der Waals surface area contributed by atoms with E-state index in [1.807, 2.05) is 0 Å². The fraction of sp³-hybridized carbons (Fsp3) is 0.600. The standard InChI is InChI=1S/C5H9NO4/c6-5-4(9)3(8)2(1-7)10-5/h2-3,7-9H,1,6H2/t2-,3-/m1/s1. The van der Waals surface area contributed by atoms with E-state index in [-0.39, 0.29) is 12.5 Å². The van der Waals surface area contributed by atoms with Crippen molar-refractivity contribution < 1.29 is 20.1 Å². The van der Waals surface area contributed by atoms with Crippen LogP contribution in [0.5, 0.6) is 0 Å². The number of nitrogens with two attached hydrogens (primary N) is 1. The van der Waals surface area contributed by atoms with Gasteiger partial charge in [-0.05, 0) is 0 Å². The average Bonchev–Trinajstić information content (AvgIpc) is 2.17. The Kier molecular flexibility index (Phi) is 1.69. The molecule has 5 heteroatoms. The summed E-state index contributed by atoms with van der Waals surface area (Å²) in [7, 11) is 0. The van der Waals surface area contributed by atoms with Crippen molar-refractivity contribution in [3.05, 3.63) is 11.6 Å². The van der Waals surface area contributed by atoms with Crippen LogP contribution in [0.15, 0.2) is 11.6 Å². The number of aliphatic hydroxyl groups is 3. The second kappa shape index (κ2) is 2.36. The molecule has 0 saturated carbocycles. The summed E-state index contributed by atoms with van der Waals surface area (Å²) in [5.41, 5.74) is 5.07. The Morgan fingerprint density at radius 3 is 2.40 bits per heavy atom. The van der Waals surface area contributed by atoms with Crippen LogP contribution in [0.25, 0.3) is 0 Å². The van der Waals surface area contributed by atoms with Crippen LogP contribution in [-0.4, -0.2) is 34.1 Å². The Balaban J connectivity index is 2.67. The molecular weight excluding hydrogens is 138 g/mol. The van der Waals surface area contributed by atoms with Crippen LogP contribution >= 0.6 is 0 Å². The number of aliphatic hydroxyl groups excluding tert-OH is 3. The number of ether oxygens (including phenoxy) is 1. The fourth-order valence-electron chi connectivity index (χ4n) is 0.747. The molecule has 1 heterocycles. The Labute approximate surface area is 57.3 Å². The molecule has 0 saturated heterocycles. The maximum Gasteiger partial charge on any atom is 0.226 e. The number of hydrogen-bond acceptors (Lipinski definition) is 5. The smallest absolute Gasteiger partial charge is 0.226 e. The molecule has 10 heavy (non-hydrogen) atoms. The maximum absolute atomic E-state index is 8.96. The van der Waals surface area contributed by atoms with E-state index in [4.69, 9.17) is 21.1 Å². The van der Waals surface area contributed by atoms with E-state index in [0.717, 1.165) is 0 Å². The molecule has 0 fully saturated rings. The lowest BCUT2D eigenvalue weighted by atomic mass is 10.2. The zero-order valence-corrected chi connectivity index (χ0v) is 5.19. The monoisotopic (exact) mass is 147 g/mol. The van der Waals surface area contributed by atoms with Crippen LogP contribution in [-0.2, 0) is 4.74 Å². The second-order valence-electron chi connectivity index (χ2n) is 2.03. The van der Waals surface area contributed by atoms with Gasteiger partial charge in [-0.3, -0.25) is 0 Å². The van der Waals surface area contributed by atoms with Crippen molar-refractivity contribution in [2.24, 2.45) is 5.73 Å². The number of hydrogen-bond donors (Lipinski definition) is 4. The first-order valence-electron chi connectivity index (χ1n) is 2.81. The molecule has 0 aromatic rings. The summed E-state index contributed by atoms with van der Waals surface area (Å²) in [6.07, 6.45) is -2.01. The van der Waals surface area contributed by atoms with Gasteiger partial charge in [-0.15, -0.1) is 0 Å². The molecule has 0 amide bonds. The summed E-state index contributed by atoms with van der Waals surface area (Å²) in [6, 6.07) is 0. The quantitative estimate of drug-likeness (QED) is 0.359. The first kappa shape index (κ1) is 7.17. The molecule has 58 valence electrons. The van der Waals surface area contributed by atoms with Crippen LogP contribution < -0.4 is 5.73 Å². The lowest BCUT2D eigenvalue weighted by Gasteiger charge is -2.09. The predicted molar refractivity (Wildman–Crippen MR) is 31.8 cm³/mol.